The molecule has 12 heteroatoms. The molecule has 1 heterocycles. The smallest absolute Gasteiger partial charge is 0.346 e. The first kappa shape index (κ1) is 34.6. The molecular formula is C24H56O6Si6. The van der Waals surface area contributed by atoms with Crippen LogP contribution in [0, 0.1) is 0 Å². The number of rotatable bonds is 12. The highest BCUT2D eigenvalue weighted by molar-refractivity contribution is 6.97. The summed E-state index contributed by atoms with van der Waals surface area (Å²) in [5, 5.41) is 0. The van der Waals surface area contributed by atoms with E-state index in [0.29, 0.717) is 0 Å². The summed E-state index contributed by atoms with van der Waals surface area (Å²) in [4.78, 5) is 0. The van der Waals surface area contributed by atoms with Crippen LogP contribution in [0.3, 0.4) is 0 Å². The molecule has 6 nitrogen and oxygen atoms in total. The summed E-state index contributed by atoms with van der Waals surface area (Å²) in [7, 11) is -16.4. The van der Waals surface area contributed by atoms with Crippen LogP contribution in [-0.4, -0.2) is 51.4 Å². The molecule has 0 spiro atoms. The quantitative estimate of drug-likeness (QED) is 0.207. The molecule has 1 rings (SSSR count). The predicted octanol–water partition coefficient (Wildman–Crippen LogP) is 8.40. The van der Waals surface area contributed by atoms with Crippen LogP contribution < -0.4 is 0 Å². The van der Waals surface area contributed by atoms with E-state index in [0.717, 1.165) is 60.4 Å². The Morgan fingerprint density at radius 2 is 0.556 bits per heavy atom. The Balaban J connectivity index is 4.01. The number of hydrogen-bond donors (Lipinski definition) is 0. The van der Waals surface area contributed by atoms with Crippen LogP contribution in [0.1, 0.15) is 69.2 Å². The first-order valence-corrected chi connectivity index (χ1v) is 27.6. The van der Waals surface area contributed by atoms with E-state index in [-0.39, 0.29) is 0 Å². The van der Waals surface area contributed by atoms with E-state index in [1.54, 1.807) is 0 Å². The molecule has 0 amide bonds. The van der Waals surface area contributed by atoms with E-state index >= 15 is 0 Å². The highest BCUT2D eigenvalue weighted by Gasteiger charge is 2.59. The fraction of sp³-hybridized carbons (Fsp3) is 0.833. The summed E-state index contributed by atoms with van der Waals surface area (Å²) in [5.41, 5.74) is 3.98. The van der Waals surface area contributed by atoms with E-state index in [1.165, 1.54) is 0 Å². The van der Waals surface area contributed by atoms with Gasteiger partial charge in [0.2, 0.25) is 0 Å². The van der Waals surface area contributed by atoms with Crippen molar-refractivity contribution in [1.82, 2.24) is 0 Å². The van der Waals surface area contributed by atoms with Crippen LogP contribution in [0.25, 0.3) is 0 Å². The fourth-order valence-electron chi connectivity index (χ4n) is 4.96. The molecule has 0 aliphatic carbocycles. The van der Waals surface area contributed by atoms with Gasteiger partial charge in [0, 0.05) is 0 Å². The van der Waals surface area contributed by atoms with E-state index in [4.69, 9.17) is 24.7 Å². The molecule has 0 atom stereocenters. The van der Waals surface area contributed by atoms with Crippen LogP contribution in [0.15, 0.2) is 24.6 Å². The lowest BCUT2D eigenvalue weighted by Crippen LogP contribution is -2.69. The Morgan fingerprint density at radius 3 is 0.667 bits per heavy atom. The molecule has 1 saturated heterocycles. The van der Waals surface area contributed by atoms with Crippen molar-refractivity contribution < 1.29 is 24.7 Å². The van der Waals surface area contributed by atoms with Crippen LogP contribution in [0.2, 0.25) is 60.4 Å². The molecule has 36 heavy (non-hydrogen) atoms. The van der Waals surface area contributed by atoms with E-state index in [2.05, 4.69) is 82.4 Å². The lowest BCUT2D eigenvalue weighted by molar-refractivity contribution is 0.221. The molecule has 1 aliphatic rings. The Morgan fingerprint density at radius 1 is 0.361 bits per heavy atom. The third-order valence-electron chi connectivity index (χ3n) is 8.10. The minimum atomic E-state index is -2.83. The summed E-state index contributed by atoms with van der Waals surface area (Å²) < 4.78 is 43.7. The van der Waals surface area contributed by atoms with E-state index in [1.807, 2.05) is 11.4 Å². The average molecular weight is 609 g/mol. The van der Waals surface area contributed by atoms with Gasteiger partial charge in [-0.15, -0.1) is 13.2 Å². The third-order valence-corrected chi connectivity index (χ3v) is 37.4. The molecule has 0 bridgehead atoms. The Bertz CT molecular complexity index is 595. The van der Waals surface area contributed by atoms with Crippen LogP contribution in [0.5, 0.6) is 0 Å². The summed E-state index contributed by atoms with van der Waals surface area (Å²) in [6.07, 6.45) is 0. The second-order valence-corrected chi connectivity index (χ2v) is 33.1. The Kier molecular flexibility index (Phi) is 13.7. The predicted molar refractivity (Wildman–Crippen MR) is 166 cm³/mol. The maximum Gasteiger partial charge on any atom is 0.346 e. The maximum atomic E-state index is 7.32. The molecule has 0 N–H and O–H groups in total. The first-order valence-electron chi connectivity index (χ1n) is 14.4. The van der Waals surface area contributed by atoms with Gasteiger partial charge in [0.1, 0.15) is 0 Å². The molecule has 0 aromatic carbocycles. The van der Waals surface area contributed by atoms with Crippen molar-refractivity contribution >= 4 is 51.4 Å². The zero-order valence-corrected chi connectivity index (χ0v) is 31.1. The molecule has 0 aromatic heterocycles. The lowest BCUT2D eigenvalue weighted by Gasteiger charge is -2.51. The van der Waals surface area contributed by atoms with Gasteiger partial charge in [-0.25, -0.2) is 0 Å². The SMILES string of the molecule is C=C[Si]1(CC)O[Si](CC)(CC)O[Si](CC)(CC)O[Si](C=C)(CC)O[Si](CC)(CC)O[Si](CC)(CC)O1. The molecule has 1 aliphatic heterocycles. The van der Waals surface area contributed by atoms with Crippen molar-refractivity contribution in [2.75, 3.05) is 0 Å². The highest BCUT2D eigenvalue weighted by atomic mass is 28.5. The fourth-order valence-corrected chi connectivity index (χ4v) is 39.2. The average Bonchev–Trinajstić information content (AvgIpc) is 2.94. The van der Waals surface area contributed by atoms with Crippen LogP contribution in [0.4, 0.5) is 0 Å². The van der Waals surface area contributed by atoms with Gasteiger partial charge in [0.05, 0.1) is 0 Å². The highest BCUT2D eigenvalue weighted by Crippen LogP contribution is 2.41. The van der Waals surface area contributed by atoms with Gasteiger partial charge in [0.15, 0.2) is 0 Å². The van der Waals surface area contributed by atoms with Crippen molar-refractivity contribution in [3.63, 3.8) is 0 Å². The van der Waals surface area contributed by atoms with Gasteiger partial charge in [-0.1, -0.05) is 80.6 Å². The normalized spacial score (nSPS) is 30.1. The van der Waals surface area contributed by atoms with Crippen LogP contribution in [-0.2, 0) is 24.7 Å². The lowest BCUT2D eigenvalue weighted by atomic mass is 10.9. The maximum absolute atomic E-state index is 7.32. The molecule has 0 radical (unpaired) electrons. The summed E-state index contributed by atoms with van der Waals surface area (Å²) in [5.74, 6) is 0. The van der Waals surface area contributed by atoms with Gasteiger partial charge in [-0.2, -0.15) is 0 Å². The summed E-state index contributed by atoms with van der Waals surface area (Å²) in [6, 6.07) is 8.35. The third kappa shape index (κ3) is 7.38. The van der Waals surface area contributed by atoms with Crippen molar-refractivity contribution in [2.24, 2.45) is 0 Å². The molecular weight excluding hydrogens is 553 g/mol. The van der Waals surface area contributed by atoms with Crippen molar-refractivity contribution in [3.05, 3.63) is 24.6 Å². The largest absolute Gasteiger partial charge is 0.415 e. The van der Waals surface area contributed by atoms with Crippen molar-refractivity contribution in [3.8, 4) is 0 Å². The van der Waals surface area contributed by atoms with Gasteiger partial charge in [-0.3, -0.25) is 0 Å². The van der Waals surface area contributed by atoms with Crippen molar-refractivity contribution in [1.29, 1.82) is 0 Å². The molecule has 0 aromatic rings. The zero-order valence-electron chi connectivity index (χ0n) is 25.1. The Labute approximate surface area is 229 Å². The minimum Gasteiger partial charge on any atom is -0.415 e. The van der Waals surface area contributed by atoms with Gasteiger partial charge >= 0.3 is 51.4 Å². The molecule has 212 valence electrons. The zero-order chi connectivity index (χ0) is 27.7. The monoisotopic (exact) mass is 608 g/mol. The van der Waals surface area contributed by atoms with Gasteiger partial charge in [0.25, 0.3) is 0 Å². The summed E-state index contributed by atoms with van der Waals surface area (Å²) >= 11 is 0. The molecule has 1 fully saturated rings. The standard InChI is InChI=1S/C24H56O6Si6/c1-13-31(14-2)25-32(15-3,16-4)27-34(19-7,20-8)29-36(23-11,24-12)30-35(21-9,22-10)28-33(17-5,18-6)26-31/h13,23H,1,11,14-22,24H2,2-10,12H3. The Hall–Kier alpha value is 0.541. The second kappa shape index (κ2) is 14.3. The molecule has 0 unspecified atom stereocenters. The minimum absolute atomic E-state index is 0.786. The second-order valence-electron chi connectivity index (χ2n) is 9.82. The molecule has 0 saturated carbocycles. The first-order chi connectivity index (χ1) is 17.0. The van der Waals surface area contributed by atoms with Gasteiger partial charge in [-0.05, 0) is 60.4 Å². The summed E-state index contributed by atoms with van der Waals surface area (Å²) in [6.45, 7) is 30.5. The van der Waals surface area contributed by atoms with E-state index < -0.39 is 51.4 Å². The van der Waals surface area contributed by atoms with E-state index in [9.17, 15) is 0 Å². The van der Waals surface area contributed by atoms with Crippen LogP contribution >= 0.6 is 0 Å². The van der Waals surface area contributed by atoms with Crippen molar-refractivity contribution in [2.45, 2.75) is 130 Å². The number of hydrogen-bond acceptors (Lipinski definition) is 6. The van der Waals surface area contributed by atoms with Gasteiger partial charge < -0.3 is 24.7 Å². The topological polar surface area (TPSA) is 55.4 Å².